The van der Waals surface area contributed by atoms with Gasteiger partial charge in [-0.15, -0.1) is 0 Å². The average Bonchev–Trinajstić information content (AvgIpc) is 3.38. The van der Waals surface area contributed by atoms with Gasteiger partial charge >= 0.3 is 5.97 Å². The van der Waals surface area contributed by atoms with E-state index in [0.717, 1.165) is 11.9 Å². The molecule has 0 spiro atoms. The van der Waals surface area contributed by atoms with E-state index in [1.54, 1.807) is 6.20 Å². The predicted molar refractivity (Wildman–Crippen MR) is 93.2 cm³/mol. The van der Waals surface area contributed by atoms with Gasteiger partial charge in [0.25, 0.3) is 0 Å². The molecule has 0 bridgehead atoms. The number of carbonyl (C=O) groups is 1. The highest BCUT2D eigenvalue weighted by molar-refractivity contribution is 5.86. The van der Waals surface area contributed by atoms with Crippen molar-refractivity contribution in [3.8, 4) is 0 Å². The van der Waals surface area contributed by atoms with Crippen LogP contribution in [0, 0.1) is 0 Å². The van der Waals surface area contributed by atoms with Crippen LogP contribution in [0.25, 0.3) is 10.9 Å². The largest absolute Gasteiger partial charge is 0.481 e. The van der Waals surface area contributed by atoms with Gasteiger partial charge in [-0.2, -0.15) is 0 Å². The number of aryl methyl sites for hydroxylation is 1. The molecule has 0 saturated heterocycles. The average molecular weight is 320 g/mol. The third-order valence-electron chi connectivity index (χ3n) is 4.74. The van der Waals surface area contributed by atoms with Gasteiger partial charge in [0.1, 0.15) is 0 Å². The molecule has 122 valence electrons. The Hall–Kier alpha value is -2.62. The lowest BCUT2D eigenvalue weighted by atomic mass is 10.0. The molecule has 2 aromatic heterocycles. The van der Waals surface area contributed by atoms with E-state index in [1.807, 2.05) is 18.3 Å². The van der Waals surface area contributed by atoms with Crippen LogP contribution in [0.2, 0.25) is 0 Å². The fourth-order valence-corrected chi connectivity index (χ4v) is 3.56. The monoisotopic (exact) mass is 320 g/mol. The zero-order valence-electron chi connectivity index (χ0n) is 13.5. The molecule has 1 aliphatic rings. The molecule has 0 aliphatic heterocycles. The molecule has 4 rings (SSSR count). The van der Waals surface area contributed by atoms with E-state index in [2.05, 4.69) is 33.8 Å². The lowest BCUT2D eigenvalue weighted by Crippen LogP contribution is -2.08. The molecule has 2 heterocycles. The zero-order valence-corrected chi connectivity index (χ0v) is 13.5. The van der Waals surface area contributed by atoms with Crippen LogP contribution >= 0.6 is 0 Å². The van der Waals surface area contributed by atoms with Crippen LogP contribution in [0.3, 0.4) is 0 Å². The molecule has 4 nitrogen and oxygen atoms in total. The van der Waals surface area contributed by atoms with Gasteiger partial charge in [-0.05, 0) is 42.0 Å². The first kappa shape index (κ1) is 14.9. The van der Waals surface area contributed by atoms with Gasteiger partial charge in [-0.1, -0.05) is 24.3 Å². The number of para-hydroxylation sites is 1. The first-order valence-corrected chi connectivity index (χ1v) is 8.44. The Morgan fingerprint density at radius 2 is 2.04 bits per heavy atom. The van der Waals surface area contributed by atoms with Crippen molar-refractivity contribution in [3.63, 3.8) is 0 Å². The van der Waals surface area contributed by atoms with Crippen LogP contribution in [0.4, 0.5) is 0 Å². The number of rotatable bonds is 6. The number of carboxylic acid groups (broad SMARTS) is 1. The first-order valence-electron chi connectivity index (χ1n) is 8.44. The van der Waals surface area contributed by atoms with E-state index in [4.69, 9.17) is 5.11 Å². The molecular weight excluding hydrogens is 300 g/mol. The Bertz CT molecular complexity index is 879. The van der Waals surface area contributed by atoms with E-state index in [0.29, 0.717) is 12.5 Å². The van der Waals surface area contributed by atoms with Gasteiger partial charge in [-0.25, -0.2) is 0 Å². The number of pyridine rings is 1. The Kier molecular flexibility index (Phi) is 3.81. The van der Waals surface area contributed by atoms with Crippen LogP contribution in [0.5, 0.6) is 0 Å². The maximum atomic E-state index is 11.1. The Morgan fingerprint density at radius 3 is 2.75 bits per heavy atom. The molecule has 0 amide bonds. The zero-order chi connectivity index (χ0) is 16.5. The Balaban J connectivity index is 1.84. The highest BCUT2D eigenvalue weighted by Gasteiger charge is 2.31. The summed E-state index contributed by atoms with van der Waals surface area (Å²) in [6.07, 6.45) is 7.11. The quantitative estimate of drug-likeness (QED) is 0.747. The maximum Gasteiger partial charge on any atom is 0.305 e. The molecule has 24 heavy (non-hydrogen) atoms. The van der Waals surface area contributed by atoms with Crippen LogP contribution in [0.1, 0.15) is 42.0 Å². The topological polar surface area (TPSA) is 55.1 Å². The molecule has 0 radical (unpaired) electrons. The molecule has 0 atom stereocenters. The van der Waals surface area contributed by atoms with Crippen molar-refractivity contribution in [3.05, 3.63) is 65.6 Å². The third-order valence-corrected chi connectivity index (χ3v) is 4.74. The molecule has 0 unspecified atom stereocenters. The van der Waals surface area contributed by atoms with Crippen LogP contribution in [-0.2, 0) is 17.8 Å². The third kappa shape index (κ3) is 2.80. The summed E-state index contributed by atoms with van der Waals surface area (Å²) in [6.45, 7) is 0.536. The van der Waals surface area contributed by atoms with Crippen molar-refractivity contribution in [1.29, 1.82) is 0 Å². The molecule has 1 N–H and O–H groups in total. The first-order chi connectivity index (χ1) is 11.7. The Labute approximate surface area is 140 Å². The lowest BCUT2D eigenvalue weighted by Gasteiger charge is -2.11. The number of aliphatic carboxylic acids is 1. The van der Waals surface area contributed by atoms with E-state index in [-0.39, 0.29) is 6.42 Å². The minimum Gasteiger partial charge on any atom is -0.481 e. The molecule has 1 fully saturated rings. The van der Waals surface area contributed by atoms with Crippen molar-refractivity contribution >= 4 is 16.9 Å². The number of nitrogens with zero attached hydrogens (tertiary/aromatic N) is 2. The fraction of sp³-hybridized carbons (Fsp3) is 0.300. The van der Waals surface area contributed by atoms with Crippen molar-refractivity contribution in [2.45, 2.75) is 38.1 Å². The van der Waals surface area contributed by atoms with Gasteiger partial charge < -0.3 is 9.67 Å². The summed E-state index contributed by atoms with van der Waals surface area (Å²) in [4.78, 5) is 15.3. The second-order valence-electron chi connectivity index (χ2n) is 6.49. The van der Waals surface area contributed by atoms with Gasteiger partial charge in [-0.3, -0.25) is 9.78 Å². The van der Waals surface area contributed by atoms with E-state index < -0.39 is 5.97 Å². The summed E-state index contributed by atoms with van der Waals surface area (Å²) < 4.78 is 2.24. The van der Waals surface area contributed by atoms with Crippen LogP contribution < -0.4 is 0 Å². The second kappa shape index (κ2) is 6.11. The minimum absolute atomic E-state index is 0.157. The van der Waals surface area contributed by atoms with Crippen molar-refractivity contribution in [2.75, 3.05) is 0 Å². The SMILES string of the molecule is O=C(O)CCn1c(C2CC2)c(Cc2cccnc2)c2ccccc21. The number of hydrogen-bond donors (Lipinski definition) is 1. The number of aromatic nitrogens is 2. The molecule has 4 heteroatoms. The van der Waals surface area contributed by atoms with E-state index in [1.165, 1.54) is 35.0 Å². The van der Waals surface area contributed by atoms with Crippen molar-refractivity contribution in [1.82, 2.24) is 9.55 Å². The molecular formula is C20H20N2O2. The van der Waals surface area contributed by atoms with Gasteiger partial charge in [0.05, 0.1) is 6.42 Å². The summed E-state index contributed by atoms with van der Waals surface area (Å²) in [6, 6.07) is 12.4. The highest BCUT2D eigenvalue weighted by atomic mass is 16.4. The van der Waals surface area contributed by atoms with Gasteiger partial charge in [0, 0.05) is 42.0 Å². The molecule has 1 saturated carbocycles. The van der Waals surface area contributed by atoms with E-state index in [9.17, 15) is 4.79 Å². The van der Waals surface area contributed by atoms with Crippen LogP contribution in [0.15, 0.2) is 48.8 Å². The second-order valence-corrected chi connectivity index (χ2v) is 6.49. The van der Waals surface area contributed by atoms with E-state index >= 15 is 0 Å². The number of carboxylic acids is 1. The summed E-state index contributed by atoms with van der Waals surface area (Å²) in [5, 5.41) is 10.4. The fourth-order valence-electron chi connectivity index (χ4n) is 3.56. The minimum atomic E-state index is -0.747. The van der Waals surface area contributed by atoms with Crippen LogP contribution in [-0.4, -0.2) is 20.6 Å². The smallest absolute Gasteiger partial charge is 0.305 e. The standard InChI is InChI=1S/C20H20N2O2/c23-19(24)9-11-22-18-6-2-1-5-16(18)17(20(22)15-7-8-15)12-14-4-3-10-21-13-14/h1-6,10,13,15H,7-9,11-12H2,(H,23,24). The number of fused-ring (bicyclic) bond motifs is 1. The highest BCUT2D eigenvalue weighted by Crippen LogP contribution is 2.45. The maximum absolute atomic E-state index is 11.1. The van der Waals surface area contributed by atoms with Gasteiger partial charge in [0.15, 0.2) is 0 Å². The molecule has 1 aliphatic carbocycles. The predicted octanol–water partition coefficient (Wildman–Crippen LogP) is 3.98. The summed E-state index contributed by atoms with van der Waals surface area (Å²) in [5.74, 6) is -0.179. The molecule has 3 aromatic rings. The number of benzene rings is 1. The normalized spacial score (nSPS) is 14.2. The lowest BCUT2D eigenvalue weighted by molar-refractivity contribution is -0.137. The van der Waals surface area contributed by atoms with Gasteiger partial charge in [0.2, 0.25) is 0 Å². The summed E-state index contributed by atoms with van der Waals surface area (Å²) in [7, 11) is 0. The van der Waals surface area contributed by atoms with Crippen molar-refractivity contribution < 1.29 is 9.90 Å². The summed E-state index contributed by atoms with van der Waals surface area (Å²) in [5.41, 5.74) is 5.02. The van der Waals surface area contributed by atoms with Crippen molar-refractivity contribution in [2.24, 2.45) is 0 Å². The number of hydrogen-bond acceptors (Lipinski definition) is 2. The molecule has 1 aromatic carbocycles. The summed E-state index contributed by atoms with van der Waals surface area (Å²) >= 11 is 0. The Morgan fingerprint density at radius 1 is 1.21 bits per heavy atom.